The summed E-state index contributed by atoms with van der Waals surface area (Å²) in [4.78, 5) is 10.9. The standard InChI is InChI=1S/C9H7FN2O/c10-8-3-1-7(2-4-8)5-9(13)12-6-11/h1-4H,5H2,(H,12,13). The van der Waals surface area contributed by atoms with Crippen molar-refractivity contribution in [3.63, 3.8) is 0 Å². The third-order valence-electron chi connectivity index (χ3n) is 1.47. The van der Waals surface area contributed by atoms with Crippen molar-refractivity contribution in [1.29, 1.82) is 5.26 Å². The van der Waals surface area contributed by atoms with Crippen LogP contribution in [0.1, 0.15) is 5.56 Å². The van der Waals surface area contributed by atoms with Crippen LogP contribution in [0, 0.1) is 17.3 Å². The number of halogens is 1. The van der Waals surface area contributed by atoms with Gasteiger partial charge in [-0.1, -0.05) is 12.1 Å². The van der Waals surface area contributed by atoms with E-state index in [1.165, 1.54) is 30.5 Å². The third-order valence-corrected chi connectivity index (χ3v) is 1.47. The molecule has 66 valence electrons. The van der Waals surface area contributed by atoms with Crippen LogP contribution in [0.4, 0.5) is 4.39 Å². The van der Waals surface area contributed by atoms with Gasteiger partial charge in [0, 0.05) is 0 Å². The minimum absolute atomic E-state index is 0.0911. The number of carbonyl (C=O) groups is 1. The number of nitrogens with one attached hydrogen (secondary N) is 1. The summed E-state index contributed by atoms with van der Waals surface area (Å²) < 4.78 is 12.4. The SMILES string of the molecule is N#CNC(=O)Cc1ccc(F)cc1. The monoisotopic (exact) mass is 178 g/mol. The molecule has 1 amide bonds. The van der Waals surface area contributed by atoms with Crippen LogP contribution in [0.5, 0.6) is 0 Å². The summed E-state index contributed by atoms with van der Waals surface area (Å²) in [5.74, 6) is -0.737. The number of nitrogens with zero attached hydrogens (tertiary/aromatic N) is 1. The first-order valence-corrected chi connectivity index (χ1v) is 3.65. The van der Waals surface area contributed by atoms with E-state index in [0.717, 1.165) is 0 Å². The van der Waals surface area contributed by atoms with Gasteiger partial charge in [0.1, 0.15) is 5.82 Å². The molecule has 0 spiro atoms. The highest BCUT2D eigenvalue weighted by Gasteiger charge is 2.01. The van der Waals surface area contributed by atoms with E-state index in [1.807, 2.05) is 5.32 Å². The Bertz CT molecular complexity index is 340. The van der Waals surface area contributed by atoms with E-state index in [4.69, 9.17) is 5.26 Å². The summed E-state index contributed by atoms with van der Waals surface area (Å²) in [6, 6.07) is 5.56. The van der Waals surface area contributed by atoms with Gasteiger partial charge in [0.15, 0.2) is 6.19 Å². The summed E-state index contributed by atoms with van der Waals surface area (Å²) in [5.41, 5.74) is 0.675. The van der Waals surface area contributed by atoms with Gasteiger partial charge in [-0.25, -0.2) is 4.39 Å². The van der Waals surface area contributed by atoms with Crippen LogP contribution in [0.2, 0.25) is 0 Å². The van der Waals surface area contributed by atoms with Crippen molar-refractivity contribution in [3.8, 4) is 6.19 Å². The molecule has 0 unspecified atom stereocenters. The lowest BCUT2D eigenvalue weighted by atomic mass is 10.1. The Hall–Kier alpha value is -1.89. The number of nitriles is 1. The number of hydrogen-bond acceptors (Lipinski definition) is 2. The molecule has 0 aliphatic heterocycles. The fraction of sp³-hybridized carbons (Fsp3) is 0.111. The minimum atomic E-state index is -0.394. The summed E-state index contributed by atoms with van der Waals surface area (Å²) in [7, 11) is 0. The molecule has 0 aliphatic carbocycles. The van der Waals surface area contributed by atoms with Gasteiger partial charge in [-0.05, 0) is 17.7 Å². The van der Waals surface area contributed by atoms with Crippen molar-refractivity contribution in [2.45, 2.75) is 6.42 Å². The Morgan fingerprint density at radius 3 is 2.62 bits per heavy atom. The maximum absolute atomic E-state index is 12.4. The highest BCUT2D eigenvalue weighted by Crippen LogP contribution is 2.02. The zero-order valence-electron chi connectivity index (χ0n) is 6.75. The van der Waals surface area contributed by atoms with Crippen LogP contribution in [0.25, 0.3) is 0 Å². The molecule has 0 heterocycles. The molecule has 4 heteroatoms. The Kier molecular flexibility index (Phi) is 2.98. The summed E-state index contributed by atoms with van der Waals surface area (Å²) in [5, 5.41) is 10.1. The van der Waals surface area contributed by atoms with Crippen molar-refractivity contribution in [2.24, 2.45) is 0 Å². The number of carbonyl (C=O) groups excluding carboxylic acids is 1. The molecule has 3 nitrogen and oxygen atoms in total. The molecule has 1 N–H and O–H groups in total. The highest BCUT2D eigenvalue weighted by molar-refractivity contribution is 5.79. The maximum Gasteiger partial charge on any atom is 0.237 e. The first-order chi connectivity index (χ1) is 6.22. The molecule has 0 fully saturated rings. The van der Waals surface area contributed by atoms with E-state index in [2.05, 4.69) is 0 Å². The van der Waals surface area contributed by atoms with Crippen molar-refractivity contribution in [1.82, 2.24) is 5.32 Å². The molecule has 0 bridgehead atoms. The number of rotatable bonds is 2. The molecular weight excluding hydrogens is 171 g/mol. The van der Waals surface area contributed by atoms with Gasteiger partial charge in [-0.2, -0.15) is 5.26 Å². The molecular formula is C9H7FN2O. The molecule has 1 aromatic rings. The summed E-state index contributed by atoms with van der Waals surface area (Å²) >= 11 is 0. The van der Waals surface area contributed by atoms with Gasteiger partial charge in [0.25, 0.3) is 0 Å². The van der Waals surface area contributed by atoms with Crippen molar-refractivity contribution in [3.05, 3.63) is 35.6 Å². The smallest absolute Gasteiger partial charge is 0.237 e. The Morgan fingerprint density at radius 1 is 1.46 bits per heavy atom. The quantitative estimate of drug-likeness (QED) is 0.541. The van der Waals surface area contributed by atoms with Gasteiger partial charge in [0.05, 0.1) is 6.42 Å². The number of hydrogen-bond donors (Lipinski definition) is 1. The second-order valence-electron chi connectivity index (χ2n) is 2.46. The molecule has 0 atom stereocenters. The first kappa shape index (κ1) is 9.20. The Labute approximate surface area is 74.8 Å². The second kappa shape index (κ2) is 4.21. The van der Waals surface area contributed by atoms with E-state index in [9.17, 15) is 9.18 Å². The zero-order valence-corrected chi connectivity index (χ0v) is 6.75. The number of amides is 1. The van der Waals surface area contributed by atoms with Crippen LogP contribution < -0.4 is 5.32 Å². The average molecular weight is 178 g/mol. The van der Waals surface area contributed by atoms with E-state index in [-0.39, 0.29) is 12.2 Å². The van der Waals surface area contributed by atoms with Gasteiger partial charge < -0.3 is 0 Å². The van der Waals surface area contributed by atoms with Gasteiger partial charge in [-0.15, -0.1) is 0 Å². The molecule has 1 aromatic carbocycles. The van der Waals surface area contributed by atoms with E-state index >= 15 is 0 Å². The van der Waals surface area contributed by atoms with E-state index in [0.29, 0.717) is 5.56 Å². The Morgan fingerprint density at radius 2 is 2.08 bits per heavy atom. The van der Waals surface area contributed by atoms with Gasteiger partial charge >= 0.3 is 0 Å². The molecule has 0 radical (unpaired) electrons. The number of benzene rings is 1. The van der Waals surface area contributed by atoms with E-state index < -0.39 is 5.91 Å². The van der Waals surface area contributed by atoms with Crippen LogP contribution in [-0.4, -0.2) is 5.91 Å². The Balaban J connectivity index is 2.60. The predicted octanol–water partition coefficient (Wildman–Crippen LogP) is 0.965. The first-order valence-electron chi connectivity index (χ1n) is 3.65. The normalized spacial score (nSPS) is 8.92. The van der Waals surface area contributed by atoms with Gasteiger partial charge in [-0.3, -0.25) is 10.1 Å². The van der Waals surface area contributed by atoms with E-state index in [1.54, 1.807) is 0 Å². The predicted molar refractivity (Wildman–Crippen MR) is 43.9 cm³/mol. The summed E-state index contributed by atoms with van der Waals surface area (Å²) in [6.45, 7) is 0. The lowest BCUT2D eigenvalue weighted by molar-refractivity contribution is -0.119. The molecule has 0 aliphatic rings. The third kappa shape index (κ3) is 2.91. The lowest BCUT2D eigenvalue weighted by Crippen LogP contribution is -2.19. The van der Waals surface area contributed by atoms with Crippen LogP contribution in [0.15, 0.2) is 24.3 Å². The average Bonchev–Trinajstić information content (AvgIpc) is 2.09. The molecule has 0 aromatic heterocycles. The summed E-state index contributed by atoms with van der Waals surface area (Å²) in [6.07, 6.45) is 1.62. The molecule has 1 rings (SSSR count). The van der Waals surface area contributed by atoms with Crippen LogP contribution in [0.3, 0.4) is 0 Å². The minimum Gasteiger partial charge on any atom is -0.274 e. The largest absolute Gasteiger partial charge is 0.274 e. The van der Waals surface area contributed by atoms with Gasteiger partial charge in [0.2, 0.25) is 5.91 Å². The van der Waals surface area contributed by atoms with Crippen molar-refractivity contribution < 1.29 is 9.18 Å². The fourth-order valence-electron chi connectivity index (χ4n) is 0.894. The van der Waals surface area contributed by atoms with Crippen molar-refractivity contribution in [2.75, 3.05) is 0 Å². The maximum atomic E-state index is 12.4. The van der Waals surface area contributed by atoms with Crippen LogP contribution >= 0.6 is 0 Å². The second-order valence-corrected chi connectivity index (χ2v) is 2.46. The molecule has 0 saturated heterocycles. The fourth-order valence-corrected chi connectivity index (χ4v) is 0.894. The molecule has 13 heavy (non-hydrogen) atoms. The topological polar surface area (TPSA) is 52.9 Å². The highest BCUT2D eigenvalue weighted by atomic mass is 19.1. The van der Waals surface area contributed by atoms with Crippen LogP contribution in [-0.2, 0) is 11.2 Å². The molecule has 0 saturated carbocycles. The van der Waals surface area contributed by atoms with Crippen molar-refractivity contribution >= 4 is 5.91 Å². The zero-order chi connectivity index (χ0) is 9.68. The lowest BCUT2D eigenvalue weighted by Gasteiger charge is -1.97.